The number of fused-ring (bicyclic) bond motifs is 1. The number of rotatable bonds is 10. The number of esters is 1. The van der Waals surface area contributed by atoms with Crippen molar-refractivity contribution in [2.45, 2.75) is 50.1 Å². The summed E-state index contributed by atoms with van der Waals surface area (Å²) in [5, 5.41) is 10.0. The summed E-state index contributed by atoms with van der Waals surface area (Å²) in [5.41, 5.74) is 5.43. The zero-order valence-corrected chi connectivity index (χ0v) is 21.3. The normalized spacial score (nSPS) is 28.4. The van der Waals surface area contributed by atoms with Crippen LogP contribution in [0.1, 0.15) is 26.7 Å². The number of hydrogen-bond donors (Lipinski definition) is 2. The van der Waals surface area contributed by atoms with Crippen molar-refractivity contribution < 1.29 is 33.8 Å². The Morgan fingerprint density at radius 1 is 1.22 bits per heavy atom. The van der Waals surface area contributed by atoms with Crippen LogP contribution >= 0.6 is 11.8 Å². The number of hydrogen-bond acceptors (Lipinski definition) is 8. The number of β-lactam (4-membered cyclic amide) rings is 1. The van der Waals surface area contributed by atoms with Crippen molar-refractivity contribution in [2.75, 3.05) is 19.8 Å². The maximum atomic E-state index is 13.0. The highest BCUT2D eigenvalue weighted by Crippen LogP contribution is 2.52. The molecular weight excluding hydrogens is 486 g/mol. The number of nitrogens with zero attached hydrogens (tertiary/aromatic N) is 2. The van der Waals surface area contributed by atoms with Gasteiger partial charge in [-0.05, 0) is 19.8 Å². The molecule has 0 aromatic rings. The van der Waals surface area contributed by atoms with Crippen LogP contribution in [0.4, 0.5) is 4.79 Å². The van der Waals surface area contributed by atoms with Crippen molar-refractivity contribution in [1.82, 2.24) is 9.80 Å². The molecular formula is C25H33N3O7S. The highest BCUT2D eigenvalue weighted by molar-refractivity contribution is 8.03. The molecule has 0 unspecified atom stereocenters. The first kappa shape index (κ1) is 27.5. The number of primary amides is 1. The van der Waals surface area contributed by atoms with E-state index in [1.807, 2.05) is 6.92 Å². The van der Waals surface area contributed by atoms with Gasteiger partial charge in [-0.15, -0.1) is 11.8 Å². The Bertz CT molecular complexity index is 992. The molecule has 3 rings (SSSR count). The summed E-state index contributed by atoms with van der Waals surface area (Å²) < 4.78 is 10.5. The van der Waals surface area contributed by atoms with Gasteiger partial charge >= 0.3 is 12.1 Å². The molecule has 3 N–H and O–H groups in total. The highest BCUT2D eigenvalue weighted by Gasteiger charge is 2.60. The van der Waals surface area contributed by atoms with E-state index in [1.165, 1.54) is 39.8 Å². The molecule has 3 amide bonds. The van der Waals surface area contributed by atoms with E-state index in [1.54, 1.807) is 13.0 Å². The predicted molar refractivity (Wildman–Crippen MR) is 134 cm³/mol. The number of likely N-dealkylation sites (tertiary alicyclic amines) is 1. The molecule has 3 aliphatic heterocycles. The quantitative estimate of drug-likeness (QED) is 0.192. The Labute approximate surface area is 214 Å². The van der Waals surface area contributed by atoms with Crippen LogP contribution < -0.4 is 5.73 Å². The van der Waals surface area contributed by atoms with Crippen molar-refractivity contribution in [3.8, 4) is 0 Å². The molecule has 0 spiro atoms. The van der Waals surface area contributed by atoms with E-state index >= 15 is 0 Å². The van der Waals surface area contributed by atoms with Crippen molar-refractivity contribution in [2.24, 2.45) is 17.6 Å². The minimum Gasteiger partial charge on any atom is -0.457 e. The van der Waals surface area contributed by atoms with Gasteiger partial charge in [0.1, 0.15) is 18.9 Å². The molecule has 0 aromatic carbocycles. The van der Waals surface area contributed by atoms with Crippen LogP contribution in [0.15, 0.2) is 48.1 Å². The first-order valence-electron chi connectivity index (χ1n) is 11.8. The zero-order chi connectivity index (χ0) is 26.6. The zero-order valence-electron chi connectivity index (χ0n) is 20.5. The molecule has 11 heteroatoms. The second kappa shape index (κ2) is 11.8. The number of piperidine rings is 1. The van der Waals surface area contributed by atoms with Crippen LogP contribution in [0.5, 0.6) is 0 Å². The lowest BCUT2D eigenvalue weighted by Crippen LogP contribution is -2.63. The molecule has 196 valence electrons. The van der Waals surface area contributed by atoms with E-state index in [-0.39, 0.29) is 54.6 Å². The summed E-state index contributed by atoms with van der Waals surface area (Å²) in [6.07, 6.45) is 5.56. The molecule has 0 aromatic heterocycles. The van der Waals surface area contributed by atoms with E-state index in [0.717, 1.165) is 0 Å². The number of nitrogens with two attached hydrogens (primary N) is 1. The van der Waals surface area contributed by atoms with E-state index in [4.69, 9.17) is 15.2 Å². The van der Waals surface area contributed by atoms with Crippen molar-refractivity contribution in [3.05, 3.63) is 48.1 Å². The lowest BCUT2D eigenvalue weighted by atomic mass is 9.79. The number of carbonyl (C=O) groups excluding carboxylic acids is 4. The largest absolute Gasteiger partial charge is 0.457 e. The van der Waals surface area contributed by atoms with Crippen LogP contribution in [-0.4, -0.2) is 82.0 Å². The number of ether oxygens (including phenoxy) is 2. The molecule has 3 heterocycles. The molecule has 36 heavy (non-hydrogen) atoms. The second-order valence-corrected chi connectivity index (χ2v) is 10.4. The average molecular weight is 520 g/mol. The fourth-order valence-electron chi connectivity index (χ4n) is 4.94. The summed E-state index contributed by atoms with van der Waals surface area (Å²) in [5.74, 6) is -2.34. The fraction of sp³-hybridized carbons (Fsp3) is 0.520. The molecule has 10 nitrogen and oxygen atoms in total. The van der Waals surface area contributed by atoms with Crippen molar-refractivity contribution >= 4 is 35.6 Å². The standard InChI is InChI=1S/C25H33N3O7S/c1-5-11-34-24(32)21-22(14(3)20-19(15(4)29)23(31)28(20)21)36-17-9-7-16(8-10-18(26)30)27(13-17)25(33)35-12-6-2/h5-6,8,10,14-17,19-20,29H,1-2,7,9,11-13H2,3-4H3,(H2,26,30)/t14-,15-,16-,17+,19-,20-/m1/s1. The second-order valence-electron chi connectivity index (χ2n) is 9.02. The van der Waals surface area contributed by atoms with Crippen LogP contribution in [-0.2, 0) is 23.9 Å². The minimum absolute atomic E-state index is 0.00141. The number of aliphatic hydroxyl groups is 1. The predicted octanol–water partition coefficient (Wildman–Crippen LogP) is 1.72. The van der Waals surface area contributed by atoms with Gasteiger partial charge in [-0.1, -0.05) is 38.3 Å². The summed E-state index contributed by atoms with van der Waals surface area (Å²) in [6, 6.07) is -0.713. The lowest BCUT2D eigenvalue weighted by Gasteiger charge is -2.46. The number of amides is 3. The molecule has 0 saturated carbocycles. The van der Waals surface area contributed by atoms with Crippen molar-refractivity contribution in [3.63, 3.8) is 0 Å². The molecule has 3 aliphatic rings. The lowest BCUT2D eigenvalue weighted by molar-refractivity contribution is -0.164. The Morgan fingerprint density at radius 2 is 1.89 bits per heavy atom. The van der Waals surface area contributed by atoms with Crippen LogP contribution in [0.3, 0.4) is 0 Å². The average Bonchev–Trinajstić information content (AvgIpc) is 3.07. The third-order valence-corrected chi connectivity index (χ3v) is 8.09. The Balaban J connectivity index is 1.86. The Morgan fingerprint density at radius 3 is 2.50 bits per heavy atom. The first-order chi connectivity index (χ1) is 17.1. The van der Waals surface area contributed by atoms with Gasteiger partial charge in [-0.3, -0.25) is 9.59 Å². The molecule has 0 radical (unpaired) electrons. The van der Waals surface area contributed by atoms with E-state index in [0.29, 0.717) is 17.7 Å². The number of thioether (sulfide) groups is 1. The van der Waals surface area contributed by atoms with Gasteiger partial charge in [0.15, 0.2) is 0 Å². The highest BCUT2D eigenvalue weighted by atomic mass is 32.2. The molecule has 6 atom stereocenters. The number of carbonyl (C=O) groups is 4. The van der Waals surface area contributed by atoms with Gasteiger partial charge in [0, 0.05) is 28.7 Å². The third-order valence-electron chi connectivity index (χ3n) is 6.55. The summed E-state index contributed by atoms with van der Waals surface area (Å²) in [7, 11) is 0. The minimum atomic E-state index is -0.849. The molecule has 2 fully saturated rings. The Hall–Kier alpha value is -3.05. The smallest absolute Gasteiger partial charge is 0.410 e. The maximum Gasteiger partial charge on any atom is 0.410 e. The van der Waals surface area contributed by atoms with Gasteiger partial charge in [0.25, 0.3) is 0 Å². The number of aliphatic hydroxyl groups excluding tert-OH is 1. The monoisotopic (exact) mass is 519 g/mol. The maximum absolute atomic E-state index is 13.0. The van der Waals surface area contributed by atoms with Crippen LogP contribution in [0.2, 0.25) is 0 Å². The third kappa shape index (κ3) is 5.52. The molecule has 0 aliphatic carbocycles. The van der Waals surface area contributed by atoms with Crippen LogP contribution in [0, 0.1) is 11.8 Å². The topological polar surface area (TPSA) is 139 Å². The fourth-order valence-corrected chi connectivity index (χ4v) is 6.43. The van der Waals surface area contributed by atoms with E-state index < -0.39 is 30.0 Å². The van der Waals surface area contributed by atoms with E-state index in [9.17, 15) is 24.3 Å². The summed E-state index contributed by atoms with van der Waals surface area (Å²) in [4.78, 5) is 53.4. The van der Waals surface area contributed by atoms with Crippen molar-refractivity contribution in [1.29, 1.82) is 0 Å². The SMILES string of the molecule is C=CCOC(=O)C1=C(S[C@H]2CC[C@H](C=CC(N)=O)N(C(=O)OCC=C)C2)[C@H](C)[C@@H]2[C@@H]([C@@H](C)O)C(=O)N12. The van der Waals surface area contributed by atoms with Gasteiger partial charge in [0.05, 0.1) is 24.1 Å². The first-order valence-corrected chi connectivity index (χ1v) is 12.7. The summed E-state index contributed by atoms with van der Waals surface area (Å²) in [6.45, 7) is 10.9. The van der Waals surface area contributed by atoms with Gasteiger partial charge in [-0.2, -0.15) is 0 Å². The van der Waals surface area contributed by atoms with Gasteiger partial charge in [-0.25, -0.2) is 9.59 Å². The summed E-state index contributed by atoms with van der Waals surface area (Å²) >= 11 is 1.43. The molecule has 2 saturated heterocycles. The van der Waals surface area contributed by atoms with Gasteiger partial charge < -0.3 is 30.1 Å². The van der Waals surface area contributed by atoms with Gasteiger partial charge in [0.2, 0.25) is 11.8 Å². The molecule has 0 bridgehead atoms. The van der Waals surface area contributed by atoms with E-state index in [2.05, 4.69) is 13.2 Å². The van der Waals surface area contributed by atoms with Crippen LogP contribution in [0.25, 0.3) is 0 Å². The Kier molecular flexibility index (Phi) is 9.02.